The molecule has 1 aliphatic heterocycles. The van der Waals surface area contributed by atoms with Crippen LogP contribution >= 0.6 is 0 Å². The van der Waals surface area contributed by atoms with E-state index in [1.54, 1.807) is 4.90 Å². The van der Waals surface area contributed by atoms with Crippen molar-refractivity contribution in [3.8, 4) is 0 Å². The zero-order valence-electron chi connectivity index (χ0n) is 16.7. The van der Waals surface area contributed by atoms with Crippen LogP contribution in [-0.2, 0) is 12.7 Å². The second kappa shape index (κ2) is 7.78. The van der Waals surface area contributed by atoms with E-state index in [1.807, 2.05) is 0 Å². The standard InChI is InChI=1S/C19H19F5N8/c20-15(21)9-32-18-14(5-27-32)25-6-16(29-18)28-12-3-10-7-31(8-11(10)4-12)17-13(19(22,23)24)1-2-26-30-17/h1-2,5-6,10-12,15H,3-4,7-9H2,(H,28,29)/t10-,11+,12?. The monoisotopic (exact) mass is 454 g/mol. The Morgan fingerprint density at radius 3 is 2.56 bits per heavy atom. The number of anilines is 2. The number of alkyl halides is 5. The van der Waals surface area contributed by atoms with Gasteiger partial charge in [0, 0.05) is 19.1 Å². The van der Waals surface area contributed by atoms with Gasteiger partial charge in [-0.3, -0.25) is 0 Å². The fourth-order valence-corrected chi connectivity index (χ4v) is 4.76. The molecule has 170 valence electrons. The maximum absolute atomic E-state index is 13.3. The van der Waals surface area contributed by atoms with Gasteiger partial charge in [-0.15, -0.1) is 5.10 Å². The van der Waals surface area contributed by atoms with Gasteiger partial charge in [0.2, 0.25) is 0 Å². The normalized spacial score (nSPS) is 23.3. The first kappa shape index (κ1) is 20.8. The molecule has 1 unspecified atom stereocenters. The van der Waals surface area contributed by atoms with Crippen LogP contribution in [0.15, 0.2) is 24.7 Å². The number of nitrogens with one attached hydrogen (secondary N) is 1. The number of aromatic nitrogens is 6. The van der Waals surface area contributed by atoms with Gasteiger partial charge < -0.3 is 10.2 Å². The lowest BCUT2D eigenvalue weighted by Crippen LogP contribution is -2.28. The summed E-state index contributed by atoms with van der Waals surface area (Å²) in [6.07, 6.45) is -1.56. The maximum Gasteiger partial charge on any atom is 0.420 e. The molecule has 8 nitrogen and oxygen atoms in total. The molecule has 3 atom stereocenters. The molecule has 4 heterocycles. The van der Waals surface area contributed by atoms with E-state index in [9.17, 15) is 22.0 Å². The van der Waals surface area contributed by atoms with Crippen LogP contribution in [0.5, 0.6) is 0 Å². The molecule has 2 fully saturated rings. The topological polar surface area (TPSA) is 84.7 Å². The van der Waals surface area contributed by atoms with Crippen LogP contribution in [0.1, 0.15) is 18.4 Å². The zero-order chi connectivity index (χ0) is 22.5. The molecule has 5 rings (SSSR count). The minimum atomic E-state index is -4.48. The molecule has 3 aromatic heterocycles. The van der Waals surface area contributed by atoms with Crippen molar-refractivity contribution in [3.63, 3.8) is 0 Å². The molecule has 0 bridgehead atoms. The van der Waals surface area contributed by atoms with Gasteiger partial charge in [0.15, 0.2) is 11.5 Å². The second-order valence-electron chi connectivity index (χ2n) is 8.19. The van der Waals surface area contributed by atoms with Crippen molar-refractivity contribution in [2.24, 2.45) is 11.8 Å². The number of fused-ring (bicyclic) bond motifs is 2. The summed E-state index contributed by atoms with van der Waals surface area (Å²) in [6.45, 7) is 0.375. The lowest BCUT2D eigenvalue weighted by Gasteiger charge is -2.23. The molecule has 0 amide bonds. The van der Waals surface area contributed by atoms with Gasteiger partial charge in [0.1, 0.15) is 23.4 Å². The Hall–Kier alpha value is -3.12. The van der Waals surface area contributed by atoms with E-state index in [2.05, 4.69) is 30.6 Å². The van der Waals surface area contributed by atoms with Crippen molar-refractivity contribution >= 4 is 22.8 Å². The summed E-state index contributed by atoms with van der Waals surface area (Å²) < 4.78 is 66.5. The first-order valence-electron chi connectivity index (χ1n) is 10.1. The molecule has 32 heavy (non-hydrogen) atoms. The van der Waals surface area contributed by atoms with Crippen molar-refractivity contribution < 1.29 is 22.0 Å². The highest BCUT2D eigenvalue weighted by Gasteiger charge is 2.44. The Bertz CT molecular complexity index is 1100. The van der Waals surface area contributed by atoms with E-state index >= 15 is 0 Å². The fraction of sp³-hybridized carbons (Fsp3) is 0.526. The van der Waals surface area contributed by atoms with Crippen molar-refractivity contribution in [1.82, 2.24) is 29.9 Å². The largest absolute Gasteiger partial charge is 0.420 e. The highest BCUT2D eigenvalue weighted by molar-refractivity contribution is 5.71. The minimum Gasteiger partial charge on any atom is -0.366 e. The van der Waals surface area contributed by atoms with Crippen LogP contribution in [0.2, 0.25) is 0 Å². The third-order valence-electron chi connectivity index (χ3n) is 6.07. The Morgan fingerprint density at radius 2 is 1.88 bits per heavy atom. The van der Waals surface area contributed by atoms with Crippen molar-refractivity contribution in [2.45, 2.75) is 38.0 Å². The summed E-state index contributed by atoms with van der Waals surface area (Å²) in [5.74, 6) is 0.749. The third kappa shape index (κ3) is 3.91. The SMILES string of the molecule is FC(F)Cn1ncc2ncc(NC3C[C@@H]4CN(c5nnccc5C(F)(F)F)C[C@@H]4C3)nc21. The first-order chi connectivity index (χ1) is 15.3. The molecular weight excluding hydrogens is 435 g/mol. The summed E-state index contributed by atoms with van der Waals surface area (Å²) >= 11 is 0. The molecular formula is C19H19F5N8. The van der Waals surface area contributed by atoms with Crippen LogP contribution in [0, 0.1) is 11.8 Å². The van der Waals surface area contributed by atoms with E-state index in [4.69, 9.17) is 0 Å². The predicted octanol–water partition coefficient (Wildman–Crippen LogP) is 3.23. The Morgan fingerprint density at radius 1 is 1.12 bits per heavy atom. The molecule has 1 N–H and O–H groups in total. The van der Waals surface area contributed by atoms with Crippen LogP contribution in [0.25, 0.3) is 11.2 Å². The average Bonchev–Trinajstić information content (AvgIpc) is 3.41. The van der Waals surface area contributed by atoms with Crippen LogP contribution < -0.4 is 10.2 Å². The first-order valence-corrected chi connectivity index (χ1v) is 10.1. The van der Waals surface area contributed by atoms with E-state index in [0.717, 1.165) is 29.8 Å². The molecule has 1 aliphatic carbocycles. The average molecular weight is 454 g/mol. The summed E-state index contributed by atoms with van der Waals surface area (Å²) in [5.41, 5.74) is -0.0623. The number of hydrogen-bond donors (Lipinski definition) is 1. The number of halogens is 5. The molecule has 1 saturated heterocycles. The molecule has 0 radical (unpaired) electrons. The quantitative estimate of drug-likeness (QED) is 0.593. The number of rotatable bonds is 5. The van der Waals surface area contributed by atoms with Gasteiger partial charge in [-0.2, -0.15) is 23.4 Å². The van der Waals surface area contributed by atoms with Crippen LogP contribution in [0.3, 0.4) is 0 Å². The van der Waals surface area contributed by atoms with Crippen LogP contribution in [0.4, 0.5) is 33.6 Å². The van der Waals surface area contributed by atoms with Gasteiger partial charge in [0.25, 0.3) is 6.43 Å². The van der Waals surface area contributed by atoms with E-state index in [1.165, 1.54) is 12.4 Å². The predicted molar refractivity (Wildman–Crippen MR) is 104 cm³/mol. The molecule has 13 heteroatoms. The highest BCUT2D eigenvalue weighted by Crippen LogP contribution is 2.43. The number of nitrogens with zero attached hydrogens (tertiary/aromatic N) is 7. The third-order valence-corrected chi connectivity index (χ3v) is 6.07. The van der Waals surface area contributed by atoms with E-state index < -0.39 is 24.7 Å². The molecule has 0 spiro atoms. The summed E-state index contributed by atoms with van der Waals surface area (Å²) in [7, 11) is 0. The van der Waals surface area contributed by atoms with Crippen LogP contribution in [-0.4, -0.2) is 55.5 Å². The van der Waals surface area contributed by atoms with E-state index in [0.29, 0.717) is 24.4 Å². The minimum absolute atomic E-state index is 0.0642. The van der Waals surface area contributed by atoms with Crippen molar-refractivity contribution in [1.29, 1.82) is 0 Å². The zero-order valence-corrected chi connectivity index (χ0v) is 16.7. The summed E-state index contributed by atoms with van der Waals surface area (Å²) in [5, 5.41) is 14.6. The lowest BCUT2D eigenvalue weighted by molar-refractivity contribution is -0.137. The Kier molecular flexibility index (Phi) is 5.05. The summed E-state index contributed by atoms with van der Waals surface area (Å²) in [6, 6.07) is 1.02. The lowest BCUT2D eigenvalue weighted by atomic mass is 10.0. The van der Waals surface area contributed by atoms with Gasteiger partial charge >= 0.3 is 6.18 Å². The fourth-order valence-electron chi connectivity index (χ4n) is 4.76. The van der Waals surface area contributed by atoms with Gasteiger partial charge in [-0.05, 0) is 30.7 Å². The number of hydrogen-bond acceptors (Lipinski definition) is 7. The van der Waals surface area contributed by atoms with Gasteiger partial charge in [-0.1, -0.05) is 0 Å². The Labute approximate surface area is 178 Å². The highest BCUT2D eigenvalue weighted by atomic mass is 19.4. The molecule has 1 saturated carbocycles. The maximum atomic E-state index is 13.3. The molecule has 0 aromatic carbocycles. The second-order valence-corrected chi connectivity index (χ2v) is 8.19. The smallest absolute Gasteiger partial charge is 0.366 e. The van der Waals surface area contributed by atoms with Crippen molar-refractivity contribution in [2.75, 3.05) is 23.3 Å². The van der Waals surface area contributed by atoms with Gasteiger partial charge in [0.05, 0.1) is 18.6 Å². The molecule has 2 aliphatic rings. The Balaban J connectivity index is 1.26. The molecule has 3 aromatic rings. The van der Waals surface area contributed by atoms with Crippen molar-refractivity contribution in [3.05, 3.63) is 30.2 Å². The van der Waals surface area contributed by atoms with E-state index in [-0.39, 0.29) is 29.3 Å². The summed E-state index contributed by atoms with van der Waals surface area (Å²) in [4.78, 5) is 10.3. The van der Waals surface area contributed by atoms with Gasteiger partial charge in [-0.25, -0.2) is 23.4 Å².